The van der Waals surface area contributed by atoms with E-state index in [4.69, 9.17) is 11.0 Å². The fourth-order valence-electron chi connectivity index (χ4n) is 1.82. The average molecular weight is 240 g/mol. The monoisotopic (exact) mass is 240 g/mol. The summed E-state index contributed by atoms with van der Waals surface area (Å²) in [5, 5.41) is 8.77. The van der Waals surface area contributed by atoms with Crippen LogP contribution in [-0.4, -0.2) is 9.55 Å². The van der Waals surface area contributed by atoms with Gasteiger partial charge in [0.05, 0.1) is 18.0 Å². The quantitative estimate of drug-likeness (QED) is 0.833. The molecule has 0 aliphatic heterocycles. The van der Waals surface area contributed by atoms with Crippen LogP contribution in [0.25, 0.3) is 11.3 Å². The van der Waals surface area contributed by atoms with E-state index in [2.05, 4.69) is 31.8 Å². The van der Waals surface area contributed by atoms with Gasteiger partial charge in [0.15, 0.2) is 0 Å². The van der Waals surface area contributed by atoms with Crippen molar-refractivity contribution < 1.29 is 0 Å². The smallest absolute Gasteiger partial charge is 0.132 e. The number of hydrogen-bond donors (Lipinski definition) is 1. The van der Waals surface area contributed by atoms with Crippen LogP contribution >= 0.6 is 0 Å². The van der Waals surface area contributed by atoms with Gasteiger partial charge in [0.1, 0.15) is 11.5 Å². The van der Waals surface area contributed by atoms with Gasteiger partial charge >= 0.3 is 0 Å². The lowest BCUT2D eigenvalue weighted by Gasteiger charge is -2.22. The van der Waals surface area contributed by atoms with Gasteiger partial charge in [-0.05, 0) is 32.9 Å². The van der Waals surface area contributed by atoms with E-state index in [1.54, 1.807) is 18.5 Å². The Kier molecular flexibility index (Phi) is 2.84. The van der Waals surface area contributed by atoms with E-state index in [0.29, 0.717) is 11.4 Å². The first-order valence-corrected chi connectivity index (χ1v) is 5.77. The Morgan fingerprint density at radius 3 is 2.28 bits per heavy atom. The zero-order valence-electron chi connectivity index (χ0n) is 10.8. The highest BCUT2D eigenvalue weighted by Gasteiger charge is 2.19. The van der Waals surface area contributed by atoms with Gasteiger partial charge in [0.25, 0.3) is 0 Å². The molecule has 1 heterocycles. The number of nitrogens with two attached hydrogens (primary N) is 1. The summed E-state index contributed by atoms with van der Waals surface area (Å²) in [7, 11) is 0. The van der Waals surface area contributed by atoms with Gasteiger partial charge in [0.2, 0.25) is 0 Å². The third-order valence-electron chi connectivity index (χ3n) is 2.81. The van der Waals surface area contributed by atoms with Gasteiger partial charge in [0, 0.05) is 11.1 Å². The van der Waals surface area contributed by atoms with Gasteiger partial charge in [-0.1, -0.05) is 12.1 Å². The van der Waals surface area contributed by atoms with Crippen LogP contribution in [0.15, 0.2) is 30.6 Å². The molecule has 2 rings (SSSR count). The highest BCUT2D eigenvalue weighted by molar-refractivity contribution is 5.71. The summed E-state index contributed by atoms with van der Waals surface area (Å²) >= 11 is 0. The second-order valence-corrected chi connectivity index (χ2v) is 5.21. The van der Waals surface area contributed by atoms with Crippen LogP contribution < -0.4 is 5.73 Å². The predicted octanol–water partition coefficient (Wildman–Crippen LogP) is 2.76. The van der Waals surface area contributed by atoms with Gasteiger partial charge in [-0.2, -0.15) is 5.26 Å². The second kappa shape index (κ2) is 4.19. The van der Waals surface area contributed by atoms with Crippen LogP contribution in [0.1, 0.15) is 26.3 Å². The van der Waals surface area contributed by atoms with Gasteiger partial charge in [-0.15, -0.1) is 0 Å². The lowest BCUT2D eigenvalue weighted by molar-refractivity contribution is 0.402. The molecule has 2 aromatic rings. The van der Waals surface area contributed by atoms with E-state index in [1.165, 1.54) is 0 Å². The largest absolute Gasteiger partial charge is 0.383 e. The number of anilines is 1. The number of benzene rings is 1. The van der Waals surface area contributed by atoms with Crippen LogP contribution in [0, 0.1) is 11.3 Å². The van der Waals surface area contributed by atoms with E-state index < -0.39 is 0 Å². The average Bonchev–Trinajstić information content (AvgIpc) is 2.71. The zero-order chi connectivity index (χ0) is 13.3. The number of nitrogen functional groups attached to an aromatic ring is 1. The van der Waals surface area contributed by atoms with Crippen molar-refractivity contribution in [3.8, 4) is 17.3 Å². The fourth-order valence-corrected chi connectivity index (χ4v) is 1.82. The maximum atomic E-state index is 8.77. The van der Waals surface area contributed by atoms with Crippen molar-refractivity contribution >= 4 is 5.82 Å². The molecule has 0 bridgehead atoms. The molecular formula is C14H16N4. The van der Waals surface area contributed by atoms with E-state index in [-0.39, 0.29) is 5.54 Å². The first-order valence-electron chi connectivity index (χ1n) is 5.77. The first-order chi connectivity index (χ1) is 8.43. The molecule has 1 aromatic heterocycles. The SMILES string of the molecule is CC(C)(C)n1cnc(-c2ccc(C#N)cc2)c1N. The van der Waals surface area contributed by atoms with Crippen molar-refractivity contribution in [3.63, 3.8) is 0 Å². The van der Waals surface area contributed by atoms with Crippen molar-refractivity contribution in [1.29, 1.82) is 5.26 Å². The van der Waals surface area contributed by atoms with Crippen molar-refractivity contribution in [2.45, 2.75) is 26.3 Å². The Bertz CT molecular complexity index is 594. The van der Waals surface area contributed by atoms with Crippen molar-refractivity contribution in [2.24, 2.45) is 0 Å². The minimum absolute atomic E-state index is 0.0953. The lowest BCUT2D eigenvalue weighted by Crippen LogP contribution is -2.22. The molecule has 0 fully saturated rings. The molecule has 92 valence electrons. The second-order valence-electron chi connectivity index (χ2n) is 5.21. The molecule has 1 aromatic carbocycles. The Morgan fingerprint density at radius 1 is 1.22 bits per heavy atom. The van der Waals surface area contributed by atoms with Crippen LogP contribution in [0.2, 0.25) is 0 Å². The number of rotatable bonds is 1. The van der Waals surface area contributed by atoms with E-state index in [0.717, 1.165) is 11.3 Å². The Balaban J connectivity index is 2.46. The van der Waals surface area contributed by atoms with E-state index >= 15 is 0 Å². The number of nitrogens with zero attached hydrogens (tertiary/aromatic N) is 3. The summed E-state index contributed by atoms with van der Waals surface area (Å²) in [6, 6.07) is 9.36. The Labute approximate surface area is 107 Å². The summed E-state index contributed by atoms with van der Waals surface area (Å²) in [4.78, 5) is 4.36. The molecule has 0 spiro atoms. The molecular weight excluding hydrogens is 224 g/mol. The minimum atomic E-state index is -0.0953. The number of hydrogen-bond acceptors (Lipinski definition) is 3. The van der Waals surface area contributed by atoms with Crippen LogP contribution in [0.3, 0.4) is 0 Å². The molecule has 0 saturated carbocycles. The van der Waals surface area contributed by atoms with E-state index in [1.807, 2.05) is 16.7 Å². The highest BCUT2D eigenvalue weighted by atomic mass is 15.2. The summed E-state index contributed by atoms with van der Waals surface area (Å²) in [5.74, 6) is 0.646. The molecule has 18 heavy (non-hydrogen) atoms. The third-order valence-corrected chi connectivity index (χ3v) is 2.81. The molecule has 0 unspecified atom stereocenters. The molecule has 4 heteroatoms. The first kappa shape index (κ1) is 12.2. The zero-order valence-corrected chi connectivity index (χ0v) is 10.8. The molecule has 4 nitrogen and oxygen atoms in total. The number of imidazole rings is 1. The summed E-state index contributed by atoms with van der Waals surface area (Å²) in [6.07, 6.45) is 1.75. The number of aromatic nitrogens is 2. The standard InChI is InChI=1S/C14H16N4/c1-14(2,3)18-9-17-12(13(18)16)11-6-4-10(8-15)5-7-11/h4-7,9H,16H2,1-3H3. The van der Waals surface area contributed by atoms with Crippen molar-refractivity contribution in [2.75, 3.05) is 5.73 Å². The molecule has 0 aliphatic carbocycles. The summed E-state index contributed by atoms with van der Waals surface area (Å²) < 4.78 is 1.94. The van der Waals surface area contributed by atoms with Crippen LogP contribution in [-0.2, 0) is 5.54 Å². The number of nitriles is 1. The summed E-state index contributed by atoms with van der Waals surface area (Å²) in [6.45, 7) is 6.23. The molecule has 0 aliphatic rings. The normalized spacial score (nSPS) is 11.2. The third kappa shape index (κ3) is 2.07. The predicted molar refractivity (Wildman–Crippen MR) is 71.8 cm³/mol. The molecule has 2 N–H and O–H groups in total. The highest BCUT2D eigenvalue weighted by Crippen LogP contribution is 2.28. The Morgan fingerprint density at radius 2 is 1.83 bits per heavy atom. The van der Waals surface area contributed by atoms with Gasteiger partial charge in [-0.25, -0.2) is 4.98 Å². The maximum Gasteiger partial charge on any atom is 0.132 e. The molecule has 0 amide bonds. The fraction of sp³-hybridized carbons (Fsp3) is 0.286. The van der Waals surface area contributed by atoms with Gasteiger partial charge in [-0.3, -0.25) is 0 Å². The molecule has 0 radical (unpaired) electrons. The van der Waals surface area contributed by atoms with Crippen LogP contribution in [0.5, 0.6) is 0 Å². The van der Waals surface area contributed by atoms with Crippen molar-refractivity contribution in [3.05, 3.63) is 36.2 Å². The topological polar surface area (TPSA) is 67.6 Å². The summed E-state index contributed by atoms with van der Waals surface area (Å²) in [5.41, 5.74) is 8.35. The Hall–Kier alpha value is -2.28. The lowest BCUT2D eigenvalue weighted by atomic mass is 10.1. The molecule has 0 atom stereocenters. The maximum absolute atomic E-state index is 8.77. The molecule has 0 saturated heterocycles. The van der Waals surface area contributed by atoms with Crippen molar-refractivity contribution in [1.82, 2.24) is 9.55 Å². The minimum Gasteiger partial charge on any atom is -0.383 e. The van der Waals surface area contributed by atoms with E-state index in [9.17, 15) is 0 Å². The van der Waals surface area contributed by atoms with Gasteiger partial charge < -0.3 is 10.3 Å². The van der Waals surface area contributed by atoms with Crippen LogP contribution in [0.4, 0.5) is 5.82 Å².